The maximum absolute atomic E-state index is 9.36. The van der Waals surface area contributed by atoms with E-state index in [1.165, 1.54) is 0 Å². The first-order chi connectivity index (χ1) is 8.53. The van der Waals surface area contributed by atoms with Crippen molar-refractivity contribution in [2.75, 3.05) is 17.3 Å². The standard InChI is InChI=1S/C12H23N5O/c1-5-10-15-11(8(4)12(16-10)17-13)14-9(6-18)7(2)3/h7,9,18H,5-6,13H2,1-4H3,(H2,14,15,16,17). The number of nitrogens with zero attached hydrogens (tertiary/aromatic N) is 2. The van der Waals surface area contributed by atoms with Crippen molar-refractivity contribution in [2.45, 2.75) is 40.2 Å². The average molecular weight is 253 g/mol. The molecule has 1 unspecified atom stereocenters. The van der Waals surface area contributed by atoms with Crippen molar-refractivity contribution in [3.8, 4) is 0 Å². The van der Waals surface area contributed by atoms with Gasteiger partial charge in [0.2, 0.25) is 0 Å². The smallest absolute Gasteiger partial charge is 0.148 e. The lowest BCUT2D eigenvalue weighted by Crippen LogP contribution is -2.30. The minimum Gasteiger partial charge on any atom is -0.394 e. The summed E-state index contributed by atoms with van der Waals surface area (Å²) in [5.41, 5.74) is 3.43. The Balaban J connectivity index is 3.06. The summed E-state index contributed by atoms with van der Waals surface area (Å²) in [6, 6.07) is -0.0334. The lowest BCUT2D eigenvalue weighted by molar-refractivity contribution is 0.249. The lowest BCUT2D eigenvalue weighted by atomic mass is 10.1. The molecule has 0 radical (unpaired) electrons. The van der Waals surface area contributed by atoms with Crippen LogP contribution in [0.25, 0.3) is 0 Å². The van der Waals surface area contributed by atoms with Crippen molar-refractivity contribution >= 4 is 11.6 Å². The molecular weight excluding hydrogens is 230 g/mol. The average Bonchev–Trinajstić information content (AvgIpc) is 2.37. The van der Waals surface area contributed by atoms with Crippen LogP contribution in [0.1, 0.15) is 32.2 Å². The molecule has 1 aromatic rings. The molecule has 18 heavy (non-hydrogen) atoms. The van der Waals surface area contributed by atoms with E-state index in [-0.39, 0.29) is 12.6 Å². The van der Waals surface area contributed by atoms with Gasteiger partial charge in [0.15, 0.2) is 0 Å². The summed E-state index contributed by atoms with van der Waals surface area (Å²) in [6.45, 7) is 8.04. The van der Waals surface area contributed by atoms with Crippen LogP contribution in [-0.2, 0) is 6.42 Å². The molecule has 1 atom stereocenters. The van der Waals surface area contributed by atoms with Crippen molar-refractivity contribution in [1.29, 1.82) is 0 Å². The maximum Gasteiger partial charge on any atom is 0.148 e. The van der Waals surface area contributed by atoms with Gasteiger partial charge in [-0.2, -0.15) is 0 Å². The minimum atomic E-state index is -0.0334. The molecule has 5 N–H and O–H groups in total. The number of hydrazine groups is 1. The molecule has 0 bridgehead atoms. The number of aryl methyl sites for hydroxylation is 1. The molecular formula is C12H23N5O. The molecule has 0 saturated heterocycles. The van der Waals surface area contributed by atoms with Crippen LogP contribution in [0, 0.1) is 12.8 Å². The van der Waals surface area contributed by atoms with Crippen molar-refractivity contribution < 1.29 is 5.11 Å². The van der Waals surface area contributed by atoms with Gasteiger partial charge in [0.05, 0.1) is 12.6 Å². The fourth-order valence-corrected chi connectivity index (χ4v) is 1.60. The van der Waals surface area contributed by atoms with E-state index in [4.69, 9.17) is 5.84 Å². The van der Waals surface area contributed by atoms with Gasteiger partial charge < -0.3 is 15.8 Å². The van der Waals surface area contributed by atoms with Gasteiger partial charge in [0.25, 0.3) is 0 Å². The molecule has 0 aliphatic heterocycles. The largest absolute Gasteiger partial charge is 0.394 e. The van der Waals surface area contributed by atoms with Crippen molar-refractivity contribution in [2.24, 2.45) is 11.8 Å². The van der Waals surface area contributed by atoms with E-state index in [2.05, 4.69) is 20.7 Å². The van der Waals surface area contributed by atoms with Crippen molar-refractivity contribution in [1.82, 2.24) is 9.97 Å². The maximum atomic E-state index is 9.36. The number of hydrogen-bond donors (Lipinski definition) is 4. The molecule has 0 spiro atoms. The summed E-state index contributed by atoms with van der Waals surface area (Å²) in [5.74, 6) is 7.82. The van der Waals surface area contributed by atoms with Gasteiger partial charge in [0.1, 0.15) is 17.5 Å². The number of nitrogens with two attached hydrogens (primary N) is 1. The summed E-state index contributed by atoms with van der Waals surface area (Å²) < 4.78 is 0. The summed E-state index contributed by atoms with van der Waals surface area (Å²) in [5, 5.41) is 12.6. The second-order valence-corrected chi connectivity index (χ2v) is 4.64. The van der Waals surface area contributed by atoms with Gasteiger partial charge in [-0.1, -0.05) is 20.8 Å². The molecule has 6 heteroatoms. The zero-order valence-corrected chi connectivity index (χ0v) is 11.5. The molecule has 0 fully saturated rings. The van der Waals surface area contributed by atoms with Gasteiger partial charge in [-0.15, -0.1) is 0 Å². The quantitative estimate of drug-likeness (QED) is 0.447. The molecule has 6 nitrogen and oxygen atoms in total. The third-order valence-electron chi connectivity index (χ3n) is 2.97. The molecule has 1 rings (SSSR count). The Morgan fingerprint density at radius 2 is 1.89 bits per heavy atom. The summed E-state index contributed by atoms with van der Waals surface area (Å²) >= 11 is 0. The fourth-order valence-electron chi connectivity index (χ4n) is 1.60. The van der Waals surface area contributed by atoms with E-state index in [1.54, 1.807) is 0 Å². The van der Waals surface area contributed by atoms with Crippen LogP contribution in [0.15, 0.2) is 0 Å². The lowest BCUT2D eigenvalue weighted by Gasteiger charge is -2.22. The topological polar surface area (TPSA) is 96.1 Å². The van der Waals surface area contributed by atoms with E-state index in [9.17, 15) is 5.11 Å². The first-order valence-corrected chi connectivity index (χ1v) is 6.24. The molecule has 0 aromatic carbocycles. The van der Waals surface area contributed by atoms with E-state index in [0.29, 0.717) is 11.7 Å². The molecule has 0 amide bonds. The van der Waals surface area contributed by atoms with Crippen LogP contribution in [0.3, 0.4) is 0 Å². The number of rotatable bonds is 6. The minimum absolute atomic E-state index is 0.0334. The number of aliphatic hydroxyl groups is 1. The number of nitrogen functional groups attached to an aromatic ring is 1. The van der Waals surface area contributed by atoms with Crippen LogP contribution in [0.2, 0.25) is 0 Å². The number of nitrogens with one attached hydrogen (secondary N) is 2. The van der Waals surface area contributed by atoms with Crippen LogP contribution in [0.5, 0.6) is 0 Å². The zero-order valence-electron chi connectivity index (χ0n) is 11.5. The first kappa shape index (κ1) is 14.7. The Kier molecular flexibility index (Phi) is 5.30. The molecule has 0 aliphatic rings. The molecule has 0 saturated carbocycles. The highest BCUT2D eigenvalue weighted by Gasteiger charge is 2.16. The van der Waals surface area contributed by atoms with Gasteiger partial charge in [-0.05, 0) is 12.8 Å². The predicted molar refractivity (Wildman–Crippen MR) is 73.3 cm³/mol. The third kappa shape index (κ3) is 3.30. The van der Waals surface area contributed by atoms with Gasteiger partial charge >= 0.3 is 0 Å². The third-order valence-corrected chi connectivity index (χ3v) is 2.97. The second kappa shape index (κ2) is 6.51. The highest BCUT2D eigenvalue weighted by Crippen LogP contribution is 2.21. The highest BCUT2D eigenvalue weighted by molar-refractivity contribution is 5.57. The summed E-state index contributed by atoms with van der Waals surface area (Å²) in [7, 11) is 0. The van der Waals surface area contributed by atoms with E-state index in [0.717, 1.165) is 23.6 Å². The Labute approximate surface area is 108 Å². The number of anilines is 2. The molecule has 1 heterocycles. The number of hydrogen-bond acceptors (Lipinski definition) is 6. The number of aromatic nitrogens is 2. The van der Waals surface area contributed by atoms with Crippen LogP contribution in [0.4, 0.5) is 11.6 Å². The molecule has 102 valence electrons. The summed E-state index contributed by atoms with van der Waals surface area (Å²) in [6.07, 6.45) is 0.731. The van der Waals surface area contributed by atoms with Gasteiger partial charge in [0, 0.05) is 12.0 Å². The van der Waals surface area contributed by atoms with E-state index >= 15 is 0 Å². The van der Waals surface area contributed by atoms with E-state index < -0.39 is 0 Å². The zero-order chi connectivity index (χ0) is 13.7. The van der Waals surface area contributed by atoms with Crippen LogP contribution >= 0.6 is 0 Å². The fraction of sp³-hybridized carbons (Fsp3) is 0.667. The van der Waals surface area contributed by atoms with Gasteiger partial charge in [-0.3, -0.25) is 0 Å². The van der Waals surface area contributed by atoms with Gasteiger partial charge in [-0.25, -0.2) is 15.8 Å². The Hall–Kier alpha value is -1.40. The second-order valence-electron chi connectivity index (χ2n) is 4.64. The Bertz CT molecular complexity index is 394. The van der Waals surface area contributed by atoms with Crippen molar-refractivity contribution in [3.05, 3.63) is 11.4 Å². The highest BCUT2D eigenvalue weighted by atomic mass is 16.3. The molecule has 0 aliphatic carbocycles. The first-order valence-electron chi connectivity index (χ1n) is 6.24. The Morgan fingerprint density at radius 3 is 2.33 bits per heavy atom. The molecule has 1 aromatic heterocycles. The predicted octanol–water partition coefficient (Wildman–Crippen LogP) is 1.06. The van der Waals surface area contributed by atoms with Crippen LogP contribution in [-0.4, -0.2) is 27.7 Å². The number of aliphatic hydroxyl groups excluding tert-OH is 1. The van der Waals surface area contributed by atoms with E-state index in [1.807, 2.05) is 27.7 Å². The normalized spacial score (nSPS) is 12.6. The monoisotopic (exact) mass is 253 g/mol. The summed E-state index contributed by atoms with van der Waals surface area (Å²) in [4.78, 5) is 8.74. The SMILES string of the molecule is CCc1nc(NN)c(C)c(NC(CO)C(C)C)n1. The Morgan fingerprint density at radius 1 is 1.28 bits per heavy atom. The van der Waals surface area contributed by atoms with Crippen molar-refractivity contribution in [3.63, 3.8) is 0 Å². The van der Waals surface area contributed by atoms with Crippen LogP contribution < -0.4 is 16.6 Å².